The number of carbonyl (C=O) groups excluding carboxylic acids is 1. The van der Waals surface area contributed by atoms with Gasteiger partial charge in [-0.3, -0.25) is 4.79 Å². The van der Waals surface area contributed by atoms with Crippen LogP contribution < -0.4 is 15.1 Å². The first kappa shape index (κ1) is 18.6. The van der Waals surface area contributed by atoms with Crippen molar-refractivity contribution in [1.29, 1.82) is 0 Å². The highest BCUT2D eigenvalue weighted by Crippen LogP contribution is 2.59. The number of amides is 1. The third kappa shape index (κ3) is 3.99. The third-order valence-corrected chi connectivity index (χ3v) is 8.01. The molecule has 6 rings (SSSR count). The lowest BCUT2D eigenvalue weighted by molar-refractivity contribution is -1.02. The van der Waals surface area contributed by atoms with Crippen molar-refractivity contribution in [3.8, 4) is 0 Å². The van der Waals surface area contributed by atoms with E-state index in [4.69, 9.17) is 4.52 Å². The maximum absolute atomic E-state index is 12.6. The molecular weight excluding hydrogens is 352 g/mol. The second-order valence-electron chi connectivity index (χ2n) is 10.5. The molecule has 1 aromatic rings. The lowest BCUT2D eigenvalue weighted by Gasteiger charge is -2.56. The number of aryl methyl sites for hydroxylation is 1. The monoisotopic (exact) mass is 388 g/mol. The smallest absolute Gasteiger partial charge is 0.275 e. The fraction of sp³-hybridized carbons (Fsp3) is 0.818. The zero-order valence-electron chi connectivity index (χ0n) is 17.3. The van der Waals surface area contributed by atoms with Crippen molar-refractivity contribution in [1.82, 2.24) is 10.5 Å². The molecule has 154 valence electrons. The maximum atomic E-state index is 12.6. The van der Waals surface area contributed by atoms with Crippen LogP contribution in [0.5, 0.6) is 0 Å². The Labute approximate surface area is 168 Å². The van der Waals surface area contributed by atoms with Gasteiger partial charge in [-0.1, -0.05) is 5.16 Å². The second kappa shape index (κ2) is 7.45. The first-order valence-electron chi connectivity index (χ1n) is 11.4. The van der Waals surface area contributed by atoms with Gasteiger partial charge in [0.2, 0.25) is 0 Å². The first-order valence-corrected chi connectivity index (χ1v) is 11.4. The third-order valence-electron chi connectivity index (χ3n) is 8.01. The van der Waals surface area contributed by atoms with Gasteiger partial charge in [-0.25, -0.2) is 0 Å². The minimum absolute atomic E-state index is 0.265. The van der Waals surface area contributed by atoms with E-state index in [0.717, 1.165) is 68.5 Å². The summed E-state index contributed by atoms with van der Waals surface area (Å²) in [5, 5.41) is 7.46. The molecule has 0 atom stereocenters. The van der Waals surface area contributed by atoms with Gasteiger partial charge < -0.3 is 19.6 Å². The summed E-state index contributed by atoms with van der Waals surface area (Å²) in [6.45, 7) is 8.79. The summed E-state index contributed by atoms with van der Waals surface area (Å²) >= 11 is 0. The zero-order valence-corrected chi connectivity index (χ0v) is 17.3. The van der Waals surface area contributed by atoms with E-state index in [1.807, 2.05) is 13.0 Å². The normalized spacial score (nSPS) is 39.2. The van der Waals surface area contributed by atoms with Crippen LogP contribution in [0.4, 0.5) is 0 Å². The Hall–Kier alpha value is -1.40. The lowest BCUT2D eigenvalue weighted by Crippen LogP contribution is -3.28. The van der Waals surface area contributed by atoms with Crippen LogP contribution in [0, 0.1) is 30.1 Å². The highest BCUT2D eigenvalue weighted by atomic mass is 16.5. The zero-order chi connectivity index (χ0) is 19.1. The largest absolute Gasteiger partial charge is 0.361 e. The fourth-order valence-corrected chi connectivity index (χ4v) is 7.15. The van der Waals surface area contributed by atoms with Crippen LogP contribution in [0.2, 0.25) is 0 Å². The van der Waals surface area contributed by atoms with Gasteiger partial charge in [0.1, 0.15) is 44.2 Å². The van der Waals surface area contributed by atoms with Gasteiger partial charge in [-0.05, 0) is 68.6 Å². The Bertz CT molecular complexity index is 672. The molecule has 4 bridgehead atoms. The summed E-state index contributed by atoms with van der Waals surface area (Å²) in [6, 6.07) is 2.03. The van der Waals surface area contributed by atoms with E-state index < -0.39 is 0 Å². The van der Waals surface area contributed by atoms with Crippen molar-refractivity contribution in [2.24, 2.45) is 23.2 Å². The van der Waals surface area contributed by atoms with Crippen molar-refractivity contribution >= 4 is 5.91 Å². The van der Waals surface area contributed by atoms with Crippen LogP contribution >= 0.6 is 0 Å². The van der Waals surface area contributed by atoms with Gasteiger partial charge in [-0.2, -0.15) is 0 Å². The van der Waals surface area contributed by atoms with Gasteiger partial charge in [-0.15, -0.1) is 0 Å². The van der Waals surface area contributed by atoms with Crippen molar-refractivity contribution in [2.75, 3.05) is 39.3 Å². The minimum atomic E-state index is 0.265. The fourth-order valence-electron chi connectivity index (χ4n) is 7.15. The Balaban J connectivity index is 1.05. The van der Waals surface area contributed by atoms with Crippen LogP contribution in [0.15, 0.2) is 10.6 Å². The van der Waals surface area contributed by atoms with Crippen molar-refractivity contribution < 1.29 is 19.1 Å². The highest BCUT2D eigenvalue weighted by molar-refractivity contribution is 5.76. The standard InChI is InChI=1S/C22H34N4O2/c1-16-6-20(24-28-16)13-25-2-4-26(5-3-25)14-21(27)23-15-22-10-17-7-18(11-22)9-19(8-17)12-22/h6,17-19H,2-5,7-15H2,1H3,(H,23,27)/p+2. The minimum Gasteiger partial charge on any atom is -0.361 e. The average Bonchev–Trinajstić information content (AvgIpc) is 3.05. The van der Waals surface area contributed by atoms with Crippen LogP contribution in [0.1, 0.15) is 50.0 Å². The number of piperazine rings is 1. The predicted molar refractivity (Wildman–Crippen MR) is 105 cm³/mol. The Kier molecular flexibility index (Phi) is 4.95. The molecule has 28 heavy (non-hydrogen) atoms. The number of hydrogen-bond acceptors (Lipinski definition) is 3. The van der Waals surface area contributed by atoms with Gasteiger partial charge in [0, 0.05) is 12.6 Å². The van der Waals surface area contributed by atoms with E-state index in [2.05, 4.69) is 10.5 Å². The highest BCUT2D eigenvalue weighted by Gasteiger charge is 2.50. The summed E-state index contributed by atoms with van der Waals surface area (Å²) in [7, 11) is 0. The molecule has 1 aliphatic heterocycles. The number of nitrogens with one attached hydrogen (secondary N) is 3. The van der Waals surface area contributed by atoms with Gasteiger partial charge >= 0.3 is 0 Å². The molecule has 1 aromatic heterocycles. The SMILES string of the molecule is Cc1cc(C[NH+]2CC[NH+](CC(=O)NCC34CC5CC(CC(C5)C3)C4)CC2)no1. The molecule has 4 saturated carbocycles. The van der Waals surface area contributed by atoms with Crippen molar-refractivity contribution in [3.63, 3.8) is 0 Å². The predicted octanol–water partition coefficient (Wildman–Crippen LogP) is -0.401. The average molecular weight is 389 g/mol. The quantitative estimate of drug-likeness (QED) is 0.621. The molecule has 4 aliphatic carbocycles. The molecule has 6 heteroatoms. The van der Waals surface area contributed by atoms with Gasteiger partial charge in [0.25, 0.3) is 5.91 Å². The van der Waals surface area contributed by atoms with Crippen molar-refractivity contribution in [2.45, 2.75) is 52.0 Å². The molecule has 1 amide bonds. The van der Waals surface area contributed by atoms with E-state index in [1.54, 1.807) is 4.90 Å². The number of nitrogens with zero attached hydrogens (tertiary/aromatic N) is 1. The summed E-state index contributed by atoms with van der Waals surface area (Å²) in [5.41, 5.74) is 1.49. The number of carbonyl (C=O) groups is 1. The Morgan fingerprint density at radius 1 is 1.11 bits per heavy atom. The molecule has 1 saturated heterocycles. The van der Waals surface area contributed by atoms with Gasteiger partial charge in [0.05, 0.1) is 0 Å². The van der Waals surface area contributed by atoms with E-state index in [9.17, 15) is 4.79 Å². The molecule has 3 N–H and O–H groups in total. The van der Waals surface area contributed by atoms with E-state index in [0.29, 0.717) is 12.0 Å². The molecule has 0 radical (unpaired) electrons. The summed E-state index contributed by atoms with van der Waals surface area (Å²) < 4.78 is 5.17. The van der Waals surface area contributed by atoms with E-state index >= 15 is 0 Å². The lowest BCUT2D eigenvalue weighted by atomic mass is 9.49. The second-order valence-corrected chi connectivity index (χ2v) is 10.5. The van der Waals surface area contributed by atoms with Crippen LogP contribution in [0.3, 0.4) is 0 Å². The molecule has 0 unspecified atom stereocenters. The molecule has 5 aliphatic rings. The molecule has 0 aromatic carbocycles. The number of aromatic nitrogens is 1. The molecule has 2 heterocycles. The Morgan fingerprint density at radius 3 is 2.29 bits per heavy atom. The van der Waals surface area contributed by atoms with E-state index in [1.165, 1.54) is 43.4 Å². The maximum Gasteiger partial charge on any atom is 0.275 e. The molecule has 5 fully saturated rings. The summed E-state index contributed by atoms with van der Waals surface area (Å²) in [5.74, 6) is 4.02. The van der Waals surface area contributed by atoms with E-state index in [-0.39, 0.29) is 5.91 Å². The molecule has 6 nitrogen and oxygen atoms in total. The van der Waals surface area contributed by atoms with Crippen LogP contribution in [0.25, 0.3) is 0 Å². The van der Waals surface area contributed by atoms with Crippen LogP contribution in [-0.4, -0.2) is 50.3 Å². The van der Waals surface area contributed by atoms with Gasteiger partial charge in [0.15, 0.2) is 6.54 Å². The van der Waals surface area contributed by atoms with Crippen LogP contribution in [-0.2, 0) is 11.3 Å². The first-order chi connectivity index (χ1) is 13.6. The molecular formula is C22H36N4O2+2. The Morgan fingerprint density at radius 2 is 1.71 bits per heavy atom. The summed E-state index contributed by atoms with van der Waals surface area (Å²) in [4.78, 5) is 15.6. The molecule has 0 spiro atoms. The summed E-state index contributed by atoms with van der Waals surface area (Å²) in [6.07, 6.45) is 8.52. The number of rotatable bonds is 6. The number of hydrogen-bond donors (Lipinski definition) is 3. The topological polar surface area (TPSA) is 64.0 Å². The van der Waals surface area contributed by atoms with Crippen molar-refractivity contribution in [3.05, 3.63) is 17.5 Å². The number of quaternary nitrogens is 2.